The van der Waals surface area contributed by atoms with E-state index in [9.17, 15) is 13.2 Å². The Morgan fingerprint density at radius 2 is 1.89 bits per heavy atom. The second kappa shape index (κ2) is 8.24. The molecule has 148 valence electrons. The molecule has 0 saturated carbocycles. The maximum Gasteiger partial charge on any atom is 0.282 e. The van der Waals surface area contributed by atoms with Gasteiger partial charge in [-0.25, -0.2) is 12.7 Å². The van der Waals surface area contributed by atoms with Gasteiger partial charge in [0, 0.05) is 19.8 Å². The standard InChI is InChI=1S/C19H27N3O4S/c1-13-7-10-17(27(24,25)21(4)5)11-18(13)20-19(23)15(3)22(6)12-16-9-8-14(2)26-16/h7-11,15H,12H2,1-6H3,(H,20,23)/p+1/t15-/m0/s1. The fourth-order valence-electron chi connectivity index (χ4n) is 2.58. The average molecular weight is 395 g/mol. The first-order valence-electron chi connectivity index (χ1n) is 8.74. The maximum absolute atomic E-state index is 12.7. The van der Waals surface area contributed by atoms with Gasteiger partial charge in [-0.15, -0.1) is 0 Å². The third-order valence-corrected chi connectivity index (χ3v) is 6.44. The zero-order chi connectivity index (χ0) is 20.4. The largest absolute Gasteiger partial charge is 0.460 e. The number of likely N-dealkylation sites (N-methyl/N-ethyl adjacent to an activating group) is 1. The normalized spacial score (nSPS) is 14.2. The SMILES string of the molecule is Cc1ccc(C[NH+](C)[C@@H](C)C(=O)Nc2cc(S(=O)(=O)N(C)C)ccc2C)o1. The average Bonchev–Trinajstić information content (AvgIpc) is 3.00. The highest BCUT2D eigenvalue weighted by atomic mass is 32.2. The molecule has 27 heavy (non-hydrogen) atoms. The lowest BCUT2D eigenvalue weighted by molar-refractivity contribution is -0.908. The number of nitrogens with zero attached hydrogens (tertiary/aromatic N) is 1. The Bertz CT molecular complexity index is 919. The van der Waals surface area contributed by atoms with Gasteiger partial charge in [0.05, 0.1) is 11.9 Å². The first-order valence-corrected chi connectivity index (χ1v) is 10.2. The van der Waals surface area contributed by atoms with Crippen LogP contribution >= 0.6 is 0 Å². The molecule has 1 unspecified atom stereocenters. The van der Waals surface area contributed by atoms with Gasteiger partial charge in [0.1, 0.15) is 12.3 Å². The Kier molecular flexibility index (Phi) is 6.46. The van der Waals surface area contributed by atoms with E-state index in [1.54, 1.807) is 12.1 Å². The summed E-state index contributed by atoms with van der Waals surface area (Å²) >= 11 is 0. The maximum atomic E-state index is 12.7. The summed E-state index contributed by atoms with van der Waals surface area (Å²) in [5, 5.41) is 2.86. The zero-order valence-electron chi connectivity index (χ0n) is 16.7. The molecule has 2 N–H and O–H groups in total. The van der Waals surface area contributed by atoms with E-state index in [2.05, 4.69) is 5.32 Å². The van der Waals surface area contributed by atoms with Gasteiger partial charge in [0.25, 0.3) is 5.91 Å². The third kappa shape index (κ3) is 4.97. The minimum Gasteiger partial charge on any atom is -0.460 e. The van der Waals surface area contributed by atoms with Gasteiger partial charge in [-0.05, 0) is 50.6 Å². The minimum absolute atomic E-state index is 0.146. The highest BCUT2D eigenvalue weighted by Crippen LogP contribution is 2.22. The molecule has 2 aromatic rings. The van der Waals surface area contributed by atoms with E-state index in [0.717, 1.165) is 26.3 Å². The molecular weight excluding hydrogens is 366 g/mol. The van der Waals surface area contributed by atoms with Crippen molar-refractivity contribution in [2.24, 2.45) is 0 Å². The first-order chi connectivity index (χ1) is 12.5. The molecular formula is C19H28N3O4S+. The van der Waals surface area contributed by atoms with Crippen LogP contribution in [0.5, 0.6) is 0 Å². The second-order valence-corrected chi connectivity index (χ2v) is 9.16. The Labute approximate surface area is 161 Å². The summed E-state index contributed by atoms with van der Waals surface area (Å²) in [5.74, 6) is 1.47. The van der Waals surface area contributed by atoms with Crippen LogP contribution in [0.2, 0.25) is 0 Å². The van der Waals surface area contributed by atoms with E-state index in [0.29, 0.717) is 12.2 Å². The fraction of sp³-hybridized carbons (Fsp3) is 0.421. The summed E-state index contributed by atoms with van der Waals surface area (Å²) in [6.07, 6.45) is 0. The number of nitrogens with one attached hydrogen (secondary N) is 2. The van der Waals surface area contributed by atoms with Gasteiger partial charge in [0.2, 0.25) is 10.0 Å². The molecule has 0 radical (unpaired) electrons. The molecule has 0 aliphatic carbocycles. The number of carbonyl (C=O) groups is 1. The van der Waals surface area contributed by atoms with Gasteiger partial charge >= 0.3 is 0 Å². The van der Waals surface area contributed by atoms with Crippen molar-refractivity contribution in [3.63, 3.8) is 0 Å². The lowest BCUT2D eigenvalue weighted by atomic mass is 10.2. The number of carbonyl (C=O) groups excluding carboxylic acids is 1. The van der Waals surface area contributed by atoms with Crippen molar-refractivity contribution in [3.05, 3.63) is 47.4 Å². The summed E-state index contributed by atoms with van der Waals surface area (Å²) in [7, 11) is 1.31. The van der Waals surface area contributed by atoms with E-state index in [1.807, 2.05) is 40.0 Å². The van der Waals surface area contributed by atoms with Crippen LogP contribution in [-0.4, -0.2) is 45.8 Å². The van der Waals surface area contributed by atoms with Crippen molar-refractivity contribution in [2.75, 3.05) is 26.5 Å². The van der Waals surface area contributed by atoms with Crippen LogP contribution < -0.4 is 10.2 Å². The molecule has 1 aromatic carbocycles. The van der Waals surface area contributed by atoms with Crippen molar-refractivity contribution >= 4 is 21.6 Å². The molecule has 0 bridgehead atoms. The van der Waals surface area contributed by atoms with Crippen LogP contribution in [0.1, 0.15) is 24.0 Å². The molecule has 8 heteroatoms. The molecule has 0 saturated heterocycles. The molecule has 2 rings (SSSR count). The van der Waals surface area contributed by atoms with E-state index in [4.69, 9.17) is 4.42 Å². The van der Waals surface area contributed by atoms with Crippen molar-refractivity contribution in [1.82, 2.24) is 4.31 Å². The van der Waals surface area contributed by atoms with Crippen LogP contribution in [0.4, 0.5) is 5.69 Å². The van der Waals surface area contributed by atoms with Crippen molar-refractivity contribution in [2.45, 2.75) is 38.3 Å². The number of furan rings is 1. The molecule has 0 aliphatic rings. The molecule has 2 atom stereocenters. The lowest BCUT2D eigenvalue weighted by Gasteiger charge is -2.21. The summed E-state index contributed by atoms with van der Waals surface area (Å²) in [6.45, 7) is 6.12. The highest BCUT2D eigenvalue weighted by Gasteiger charge is 2.24. The summed E-state index contributed by atoms with van der Waals surface area (Å²) in [5.41, 5.74) is 1.30. The Balaban J connectivity index is 2.14. The molecule has 1 heterocycles. The Hall–Kier alpha value is -2.16. The van der Waals surface area contributed by atoms with Gasteiger partial charge in [-0.1, -0.05) is 6.07 Å². The molecule has 0 aliphatic heterocycles. The summed E-state index contributed by atoms with van der Waals surface area (Å²) in [4.78, 5) is 13.8. The van der Waals surface area contributed by atoms with Crippen molar-refractivity contribution < 1.29 is 22.5 Å². The molecule has 0 spiro atoms. The predicted octanol–water partition coefficient (Wildman–Crippen LogP) is 1.19. The van der Waals surface area contributed by atoms with Gasteiger partial charge in [0.15, 0.2) is 11.8 Å². The molecule has 1 aromatic heterocycles. The first kappa shape index (κ1) is 21.1. The highest BCUT2D eigenvalue weighted by molar-refractivity contribution is 7.89. The van der Waals surface area contributed by atoms with Crippen LogP contribution in [0.15, 0.2) is 39.6 Å². The monoisotopic (exact) mass is 394 g/mol. The van der Waals surface area contributed by atoms with Gasteiger partial charge in [-0.2, -0.15) is 0 Å². The fourth-order valence-corrected chi connectivity index (χ4v) is 3.51. The minimum atomic E-state index is -3.56. The van der Waals surface area contributed by atoms with Crippen LogP contribution in [-0.2, 0) is 21.4 Å². The Morgan fingerprint density at radius 1 is 1.22 bits per heavy atom. The molecule has 7 nitrogen and oxygen atoms in total. The number of amides is 1. The van der Waals surface area contributed by atoms with Gasteiger partial charge in [-0.3, -0.25) is 4.79 Å². The van der Waals surface area contributed by atoms with Crippen LogP contribution in [0, 0.1) is 13.8 Å². The molecule has 1 amide bonds. The van der Waals surface area contributed by atoms with Crippen molar-refractivity contribution in [1.29, 1.82) is 0 Å². The quantitative estimate of drug-likeness (QED) is 0.739. The molecule has 0 fully saturated rings. The van der Waals surface area contributed by atoms with E-state index < -0.39 is 10.0 Å². The number of rotatable bonds is 7. The van der Waals surface area contributed by atoms with Crippen LogP contribution in [0.25, 0.3) is 0 Å². The van der Waals surface area contributed by atoms with E-state index in [-0.39, 0.29) is 16.8 Å². The number of aryl methyl sites for hydroxylation is 2. The van der Waals surface area contributed by atoms with E-state index >= 15 is 0 Å². The number of anilines is 1. The van der Waals surface area contributed by atoms with Crippen molar-refractivity contribution in [3.8, 4) is 0 Å². The van der Waals surface area contributed by atoms with Gasteiger partial charge < -0.3 is 14.6 Å². The zero-order valence-corrected chi connectivity index (χ0v) is 17.5. The topological polar surface area (TPSA) is 84.1 Å². The number of hydrogen-bond donors (Lipinski definition) is 2. The lowest BCUT2D eigenvalue weighted by Crippen LogP contribution is -3.12. The number of quaternary nitrogens is 1. The second-order valence-electron chi connectivity index (χ2n) is 7.01. The van der Waals surface area contributed by atoms with E-state index in [1.165, 1.54) is 20.2 Å². The number of benzene rings is 1. The Morgan fingerprint density at radius 3 is 2.44 bits per heavy atom. The predicted molar refractivity (Wildman–Crippen MR) is 104 cm³/mol. The summed E-state index contributed by atoms with van der Waals surface area (Å²) in [6, 6.07) is 8.19. The third-order valence-electron chi connectivity index (χ3n) is 4.63. The summed E-state index contributed by atoms with van der Waals surface area (Å²) < 4.78 is 31.4. The number of sulfonamides is 1. The van der Waals surface area contributed by atoms with Crippen LogP contribution in [0.3, 0.4) is 0 Å². The smallest absolute Gasteiger partial charge is 0.282 e. The number of hydrogen-bond acceptors (Lipinski definition) is 4.